The lowest BCUT2D eigenvalue weighted by Crippen LogP contribution is -2.30. The quantitative estimate of drug-likeness (QED) is 0.220. The van der Waals surface area contributed by atoms with Crippen LogP contribution in [0.25, 0.3) is 0 Å². The number of esters is 3. The second-order valence-corrected chi connectivity index (χ2v) is 8.94. The normalized spacial score (nSPS) is 32.7. The van der Waals surface area contributed by atoms with Crippen LogP contribution in [0.1, 0.15) is 62.9 Å². The van der Waals surface area contributed by atoms with E-state index in [-0.39, 0.29) is 23.7 Å². The summed E-state index contributed by atoms with van der Waals surface area (Å²) in [5, 5.41) is 0. The maximum absolute atomic E-state index is 12.7. The molecule has 0 aliphatic carbocycles. The van der Waals surface area contributed by atoms with Gasteiger partial charge in [-0.25, -0.2) is 4.79 Å². The van der Waals surface area contributed by atoms with Crippen LogP contribution in [0, 0.1) is 12.8 Å². The van der Waals surface area contributed by atoms with E-state index in [2.05, 4.69) is 6.58 Å². The Morgan fingerprint density at radius 1 is 1.24 bits per heavy atom. The number of hydrogen-bond donors (Lipinski definition) is 0. The predicted molar refractivity (Wildman–Crippen MR) is 112 cm³/mol. The molecular weight excluding hydrogens is 432 g/mol. The molecule has 9 heteroatoms. The van der Waals surface area contributed by atoms with Crippen molar-refractivity contribution in [3.63, 3.8) is 0 Å². The van der Waals surface area contributed by atoms with Gasteiger partial charge in [0.1, 0.15) is 41.7 Å². The minimum absolute atomic E-state index is 0.0462. The van der Waals surface area contributed by atoms with Crippen LogP contribution in [0.5, 0.6) is 0 Å². The first-order valence-corrected chi connectivity index (χ1v) is 10.7. The fourth-order valence-corrected chi connectivity index (χ4v) is 4.65. The zero-order valence-electron chi connectivity index (χ0n) is 18.9. The molecule has 0 aromatic carbocycles. The Morgan fingerprint density at radius 2 is 1.94 bits per heavy atom. The fourth-order valence-electron chi connectivity index (χ4n) is 4.65. The van der Waals surface area contributed by atoms with Crippen molar-refractivity contribution in [3.8, 4) is 0 Å². The SMILES string of the molecule is C=C(C=O)[C@H]1C[C@H](OC(C)=O)C2=C[C@@H](C[C@]3(C)O[C@H]3c3cc(C)c(o3)[C@@H]1OC(C)=O)OC2=O. The number of aldehydes is 1. The highest BCUT2D eigenvalue weighted by molar-refractivity contribution is 5.92. The number of epoxide rings is 1. The summed E-state index contributed by atoms with van der Waals surface area (Å²) in [6.45, 7) is 9.97. The molecule has 1 fully saturated rings. The van der Waals surface area contributed by atoms with Crippen molar-refractivity contribution in [2.75, 3.05) is 0 Å². The molecule has 3 aliphatic heterocycles. The van der Waals surface area contributed by atoms with E-state index in [1.165, 1.54) is 13.8 Å². The van der Waals surface area contributed by atoms with Crippen molar-refractivity contribution in [1.82, 2.24) is 0 Å². The summed E-state index contributed by atoms with van der Waals surface area (Å²) in [5.41, 5.74) is 0.332. The number of carbonyl (C=O) groups excluding carboxylic acids is 4. The zero-order chi connectivity index (χ0) is 24.1. The molecule has 6 atom stereocenters. The standard InChI is InChI=1S/C24H26O9/c1-11-6-19-22-24(5,33-22)9-15-7-17(23(28)31-15)18(29-13(3)26)8-16(12(2)10-25)21(20(11)32-19)30-14(4)27/h6-7,10,15-16,18,21-22H,2,8-9H2,1,3-5H3/t15-,16+,18-,21+,22-,24-/m0/s1. The first-order chi connectivity index (χ1) is 15.5. The van der Waals surface area contributed by atoms with E-state index in [4.69, 9.17) is 23.4 Å². The maximum atomic E-state index is 12.7. The van der Waals surface area contributed by atoms with Gasteiger partial charge in [0.05, 0.1) is 5.57 Å². The largest absolute Gasteiger partial charge is 0.459 e. The second kappa shape index (κ2) is 8.30. The summed E-state index contributed by atoms with van der Waals surface area (Å²) in [5.74, 6) is -1.78. The third-order valence-electron chi connectivity index (χ3n) is 6.25. The van der Waals surface area contributed by atoms with Crippen LogP contribution in [-0.2, 0) is 38.1 Å². The van der Waals surface area contributed by atoms with Crippen LogP contribution in [0.4, 0.5) is 0 Å². The lowest BCUT2D eigenvalue weighted by molar-refractivity contribution is -0.154. The number of rotatable bonds is 4. The molecule has 0 amide bonds. The summed E-state index contributed by atoms with van der Waals surface area (Å²) in [6.07, 6.45) is -0.523. The topological polar surface area (TPSA) is 122 Å². The van der Waals surface area contributed by atoms with Crippen LogP contribution in [-0.4, -0.2) is 42.0 Å². The van der Waals surface area contributed by atoms with E-state index in [1.807, 2.05) is 6.92 Å². The summed E-state index contributed by atoms with van der Waals surface area (Å²) in [6, 6.07) is 1.81. The van der Waals surface area contributed by atoms with Gasteiger partial charge in [0.25, 0.3) is 0 Å². The van der Waals surface area contributed by atoms with E-state index in [1.54, 1.807) is 19.1 Å². The molecule has 0 saturated carbocycles. The molecule has 9 nitrogen and oxygen atoms in total. The third kappa shape index (κ3) is 4.37. The summed E-state index contributed by atoms with van der Waals surface area (Å²) < 4.78 is 28.6. The first kappa shape index (κ1) is 23.0. The third-order valence-corrected chi connectivity index (χ3v) is 6.25. The molecule has 1 aromatic rings. The van der Waals surface area contributed by atoms with Gasteiger partial charge in [0.2, 0.25) is 0 Å². The fraction of sp³-hybridized carbons (Fsp3) is 0.500. The van der Waals surface area contributed by atoms with Crippen molar-refractivity contribution >= 4 is 24.2 Å². The monoisotopic (exact) mass is 458 g/mol. The molecular formula is C24H26O9. The molecule has 176 valence electrons. The number of furan rings is 1. The van der Waals surface area contributed by atoms with Gasteiger partial charge in [-0.1, -0.05) is 6.58 Å². The van der Waals surface area contributed by atoms with Gasteiger partial charge in [0.15, 0.2) is 6.10 Å². The highest BCUT2D eigenvalue weighted by atomic mass is 16.6. The van der Waals surface area contributed by atoms with Gasteiger partial charge < -0.3 is 23.4 Å². The van der Waals surface area contributed by atoms with Crippen LogP contribution in [0.15, 0.2) is 34.3 Å². The molecule has 4 heterocycles. The zero-order valence-corrected chi connectivity index (χ0v) is 18.9. The number of aryl methyl sites for hydroxylation is 1. The molecule has 4 rings (SSSR count). The van der Waals surface area contributed by atoms with E-state index in [9.17, 15) is 19.2 Å². The molecule has 4 bridgehead atoms. The number of fused-ring (bicyclic) bond motifs is 5. The average molecular weight is 458 g/mol. The van der Waals surface area contributed by atoms with Crippen LogP contribution >= 0.6 is 0 Å². The Bertz CT molecular complexity index is 1060. The Morgan fingerprint density at radius 3 is 2.58 bits per heavy atom. The molecule has 0 N–H and O–H groups in total. The van der Waals surface area contributed by atoms with E-state index in [0.29, 0.717) is 29.8 Å². The number of hydrogen-bond acceptors (Lipinski definition) is 9. The van der Waals surface area contributed by atoms with Gasteiger partial charge in [-0.05, 0) is 43.5 Å². The maximum Gasteiger partial charge on any atom is 0.338 e. The van der Waals surface area contributed by atoms with Crippen LogP contribution in [0.3, 0.4) is 0 Å². The van der Waals surface area contributed by atoms with Crippen LogP contribution in [0.2, 0.25) is 0 Å². The molecule has 1 saturated heterocycles. The highest BCUT2D eigenvalue weighted by Crippen LogP contribution is 2.54. The van der Waals surface area contributed by atoms with E-state index in [0.717, 1.165) is 0 Å². The van der Waals surface area contributed by atoms with Crippen molar-refractivity contribution < 1.29 is 42.5 Å². The van der Waals surface area contributed by atoms with Gasteiger partial charge in [0, 0.05) is 26.2 Å². The first-order valence-electron chi connectivity index (χ1n) is 10.7. The van der Waals surface area contributed by atoms with E-state index < -0.39 is 47.7 Å². The minimum Gasteiger partial charge on any atom is -0.459 e. The lowest BCUT2D eigenvalue weighted by Gasteiger charge is -2.29. The van der Waals surface area contributed by atoms with Crippen molar-refractivity contribution in [2.24, 2.45) is 5.92 Å². The number of ether oxygens (including phenoxy) is 4. The van der Waals surface area contributed by atoms with Crippen molar-refractivity contribution in [2.45, 2.75) is 70.6 Å². The minimum atomic E-state index is -1.04. The smallest absolute Gasteiger partial charge is 0.338 e. The molecule has 1 aromatic heterocycles. The van der Waals surface area contributed by atoms with Gasteiger partial charge >= 0.3 is 17.9 Å². The number of carbonyl (C=O) groups is 4. The lowest BCUT2D eigenvalue weighted by atomic mass is 9.85. The highest BCUT2D eigenvalue weighted by Gasteiger charge is 2.57. The van der Waals surface area contributed by atoms with Gasteiger partial charge in [-0.3, -0.25) is 14.4 Å². The second-order valence-electron chi connectivity index (χ2n) is 8.94. The Balaban J connectivity index is 1.86. The molecule has 0 unspecified atom stereocenters. The van der Waals surface area contributed by atoms with E-state index >= 15 is 0 Å². The molecule has 0 radical (unpaired) electrons. The van der Waals surface area contributed by atoms with Gasteiger partial charge in [-0.2, -0.15) is 0 Å². The van der Waals surface area contributed by atoms with Gasteiger partial charge in [-0.15, -0.1) is 0 Å². The Labute approximate surface area is 190 Å². The molecule has 0 spiro atoms. The molecule has 33 heavy (non-hydrogen) atoms. The van der Waals surface area contributed by atoms with Crippen LogP contribution < -0.4 is 0 Å². The average Bonchev–Trinajstić information content (AvgIpc) is 3.02. The molecule has 3 aliphatic rings. The predicted octanol–water partition coefficient (Wildman–Crippen LogP) is 2.97. The Hall–Kier alpha value is -3.20. The summed E-state index contributed by atoms with van der Waals surface area (Å²) >= 11 is 0. The van der Waals surface area contributed by atoms with Crippen molar-refractivity contribution in [3.05, 3.63) is 47.0 Å². The summed E-state index contributed by atoms with van der Waals surface area (Å²) in [7, 11) is 0. The summed E-state index contributed by atoms with van der Waals surface area (Å²) in [4.78, 5) is 48.3. The van der Waals surface area contributed by atoms with Crippen molar-refractivity contribution in [1.29, 1.82) is 0 Å². The Kier molecular flexibility index (Phi) is 5.78.